The van der Waals surface area contributed by atoms with Crippen molar-refractivity contribution in [3.63, 3.8) is 0 Å². The van der Waals surface area contributed by atoms with E-state index in [1.807, 2.05) is 0 Å². The van der Waals surface area contributed by atoms with Crippen molar-refractivity contribution in [3.05, 3.63) is 24.3 Å². The summed E-state index contributed by atoms with van der Waals surface area (Å²) in [4.78, 5) is 13.8. The van der Waals surface area contributed by atoms with Gasteiger partial charge >= 0.3 is 6.09 Å². The molecule has 1 amide bonds. The van der Waals surface area contributed by atoms with Gasteiger partial charge in [0, 0.05) is 12.2 Å². The van der Waals surface area contributed by atoms with Gasteiger partial charge in [0.1, 0.15) is 12.4 Å². The second-order valence-electron chi connectivity index (χ2n) is 5.45. The van der Waals surface area contributed by atoms with Gasteiger partial charge in [0.2, 0.25) is 0 Å². The van der Waals surface area contributed by atoms with Crippen LogP contribution in [0.1, 0.15) is 13.3 Å². The van der Waals surface area contributed by atoms with Crippen LogP contribution in [0.2, 0.25) is 0 Å². The number of rotatable bonds is 2. The van der Waals surface area contributed by atoms with Crippen molar-refractivity contribution in [2.45, 2.75) is 18.9 Å². The number of cyclic esters (lactones) is 1. The number of benzene rings is 1. The first kappa shape index (κ1) is 12.3. The number of phenolic OH excluding ortho intramolecular Hbond substituents is 1. The van der Waals surface area contributed by atoms with E-state index in [1.54, 1.807) is 29.2 Å². The van der Waals surface area contributed by atoms with E-state index in [-0.39, 0.29) is 17.4 Å². The topological polar surface area (TPSA) is 61.8 Å². The molecule has 2 aliphatic heterocycles. The van der Waals surface area contributed by atoms with Crippen LogP contribution in [-0.4, -0.2) is 36.4 Å². The number of phenols is 1. The molecular weight excluding hydrogens is 244 g/mol. The number of nitrogens with zero attached hydrogens (tertiary/aromatic N) is 1. The summed E-state index contributed by atoms with van der Waals surface area (Å²) < 4.78 is 5.27. The first-order chi connectivity index (χ1) is 9.11. The maximum Gasteiger partial charge on any atom is 0.415 e. The highest BCUT2D eigenvalue weighted by molar-refractivity contribution is 5.91. The Morgan fingerprint density at radius 2 is 2.16 bits per heavy atom. The van der Waals surface area contributed by atoms with E-state index in [9.17, 15) is 9.90 Å². The molecule has 5 heteroatoms. The fourth-order valence-corrected chi connectivity index (χ4v) is 3.03. The molecule has 19 heavy (non-hydrogen) atoms. The van der Waals surface area contributed by atoms with Gasteiger partial charge in [0.25, 0.3) is 0 Å². The van der Waals surface area contributed by atoms with Crippen molar-refractivity contribution < 1.29 is 14.6 Å². The highest BCUT2D eigenvalue weighted by Crippen LogP contribution is 2.38. The second-order valence-corrected chi connectivity index (χ2v) is 5.45. The lowest BCUT2D eigenvalue weighted by Gasteiger charge is -2.36. The van der Waals surface area contributed by atoms with Crippen molar-refractivity contribution in [3.8, 4) is 5.75 Å². The van der Waals surface area contributed by atoms with Crippen LogP contribution in [0.25, 0.3) is 0 Å². The van der Waals surface area contributed by atoms with Crippen LogP contribution < -0.4 is 10.2 Å². The quantitative estimate of drug-likeness (QED) is 0.852. The third kappa shape index (κ3) is 1.94. The first-order valence-electron chi connectivity index (χ1n) is 6.58. The van der Waals surface area contributed by atoms with Gasteiger partial charge in [-0.3, -0.25) is 4.90 Å². The van der Waals surface area contributed by atoms with Crippen molar-refractivity contribution in [1.29, 1.82) is 0 Å². The molecule has 0 bridgehead atoms. The van der Waals surface area contributed by atoms with Crippen LogP contribution in [0.5, 0.6) is 5.75 Å². The number of amides is 1. The van der Waals surface area contributed by atoms with Gasteiger partial charge in [0.05, 0.1) is 5.54 Å². The molecule has 0 radical (unpaired) electrons. The normalized spacial score (nSPS) is 30.7. The highest BCUT2D eigenvalue weighted by atomic mass is 16.6. The number of hydrogen-bond acceptors (Lipinski definition) is 4. The summed E-state index contributed by atoms with van der Waals surface area (Å²) >= 11 is 0. The van der Waals surface area contributed by atoms with Gasteiger partial charge in [-0.2, -0.15) is 0 Å². The molecule has 2 N–H and O–H groups in total. The van der Waals surface area contributed by atoms with Crippen LogP contribution >= 0.6 is 0 Å². The van der Waals surface area contributed by atoms with Gasteiger partial charge in [-0.25, -0.2) is 4.79 Å². The third-order valence-corrected chi connectivity index (χ3v) is 4.23. The SMILES string of the molecule is CC1(C2CCNC2)COC(=O)N1c1ccc(O)cc1. The Kier molecular flexibility index (Phi) is 2.86. The average molecular weight is 262 g/mol. The molecule has 0 spiro atoms. The van der Waals surface area contributed by atoms with Gasteiger partial charge < -0.3 is 15.2 Å². The molecule has 1 aromatic rings. The second kappa shape index (κ2) is 4.42. The largest absolute Gasteiger partial charge is 0.508 e. The zero-order valence-electron chi connectivity index (χ0n) is 10.9. The lowest BCUT2D eigenvalue weighted by molar-refractivity contribution is 0.166. The van der Waals surface area contributed by atoms with Crippen molar-refractivity contribution >= 4 is 11.8 Å². The number of carbonyl (C=O) groups is 1. The van der Waals surface area contributed by atoms with Crippen LogP contribution in [-0.2, 0) is 4.74 Å². The molecule has 1 aromatic carbocycles. The smallest absolute Gasteiger partial charge is 0.415 e. The molecule has 0 saturated carbocycles. The molecule has 0 aliphatic carbocycles. The molecule has 2 atom stereocenters. The van der Waals surface area contributed by atoms with Gasteiger partial charge in [-0.1, -0.05) is 0 Å². The number of nitrogens with one attached hydrogen (secondary N) is 1. The minimum atomic E-state index is -0.322. The van der Waals surface area contributed by atoms with Crippen LogP contribution in [0.15, 0.2) is 24.3 Å². The Morgan fingerprint density at radius 3 is 2.79 bits per heavy atom. The Labute approximate surface area is 112 Å². The maximum absolute atomic E-state index is 12.1. The summed E-state index contributed by atoms with van der Waals surface area (Å²) in [5, 5.41) is 12.7. The Morgan fingerprint density at radius 1 is 1.42 bits per heavy atom. The number of hydrogen-bond donors (Lipinski definition) is 2. The number of ether oxygens (including phenoxy) is 1. The molecule has 0 aromatic heterocycles. The zero-order valence-corrected chi connectivity index (χ0v) is 10.9. The van der Waals surface area contributed by atoms with Crippen molar-refractivity contribution in [1.82, 2.24) is 5.32 Å². The summed E-state index contributed by atoms with van der Waals surface area (Å²) in [6.07, 6.45) is 0.738. The molecule has 2 fully saturated rings. The standard InChI is InChI=1S/C14H18N2O3/c1-14(10-6-7-15-8-10)9-19-13(18)16(14)11-2-4-12(17)5-3-11/h2-5,10,15,17H,6-9H2,1H3. The van der Waals surface area contributed by atoms with E-state index in [0.717, 1.165) is 25.2 Å². The molecular formula is C14H18N2O3. The Bertz CT molecular complexity index is 482. The summed E-state index contributed by atoms with van der Waals surface area (Å²) in [7, 11) is 0. The third-order valence-electron chi connectivity index (χ3n) is 4.23. The molecule has 102 valence electrons. The van der Waals surface area contributed by atoms with Gasteiger partial charge in [-0.15, -0.1) is 0 Å². The van der Waals surface area contributed by atoms with E-state index in [1.165, 1.54) is 0 Å². The number of anilines is 1. The van der Waals surface area contributed by atoms with Gasteiger partial charge in [-0.05, 0) is 50.1 Å². The van der Waals surface area contributed by atoms with Crippen LogP contribution in [0.3, 0.4) is 0 Å². The molecule has 3 rings (SSSR count). The summed E-state index contributed by atoms with van der Waals surface area (Å²) in [5.74, 6) is 0.577. The summed E-state index contributed by atoms with van der Waals surface area (Å²) in [6.45, 7) is 4.38. The molecule has 2 heterocycles. The highest BCUT2D eigenvalue weighted by Gasteiger charge is 2.50. The minimum Gasteiger partial charge on any atom is -0.508 e. The van der Waals surface area contributed by atoms with Crippen LogP contribution in [0.4, 0.5) is 10.5 Å². The first-order valence-corrected chi connectivity index (χ1v) is 6.58. The lowest BCUT2D eigenvalue weighted by atomic mass is 9.84. The van der Waals surface area contributed by atoms with Crippen molar-refractivity contribution in [2.24, 2.45) is 5.92 Å². The number of carbonyl (C=O) groups excluding carboxylic acids is 1. The van der Waals surface area contributed by atoms with E-state index < -0.39 is 0 Å². The van der Waals surface area contributed by atoms with Gasteiger partial charge in [0.15, 0.2) is 0 Å². The van der Waals surface area contributed by atoms with Crippen molar-refractivity contribution in [2.75, 3.05) is 24.6 Å². The Hall–Kier alpha value is -1.75. The summed E-state index contributed by atoms with van der Waals surface area (Å²) in [5.41, 5.74) is 0.451. The van der Waals surface area contributed by atoms with E-state index >= 15 is 0 Å². The number of aromatic hydroxyl groups is 1. The zero-order chi connectivity index (χ0) is 13.5. The predicted molar refractivity (Wildman–Crippen MR) is 71.3 cm³/mol. The lowest BCUT2D eigenvalue weighted by Crippen LogP contribution is -2.51. The van der Waals surface area contributed by atoms with Crippen LogP contribution in [0, 0.1) is 5.92 Å². The molecule has 2 saturated heterocycles. The van der Waals surface area contributed by atoms with E-state index in [4.69, 9.17) is 4.74 Å². The predicted octanol–water partition coefficient (Wildman–Crippen LogP) is 1.72. The minimum absolute atomic E-state index is 0.195. The fourth-order valence-electron chi connectivity index (χ4n) is 3.03. The molecule has 2 aliphatic rings. The van der Waals surface area contributed by atoms with E-state index in [0.29, 0.717) is 12.5 Å². The maximum atomic E-state index is 12.1. The Balaban J connectivity index is 1.95. The molecule has 2 unspecified atom stereocenters. The summed E-state index contributed by atoms with van der Waals surface area (Å²) in [6, 6.07) is 6.69. The average Bonchev–Trinajstić information content (AvgIpc) is 3.01. The monoisotopic (exact) mass is 262 g/mol. The fraction of sp³-hybridized carbons (Fsp3) is 0.500. The van der Waals surface area contributed by atoms with E-state index in [2.05, 4.69) is 12.2 Å². The molecule has 5 nitrogen and oxygen atoms in total.